The number of nitrogens with zero attached hydrogens (tertiary/aromatic N) is 2. The largest absolute Gasteiger partial charge is 0.255 e. The highest BCUT2D eigenvalue weighted by molar-refractivity contribution is 6.39. The van der Waals surface area contributed by atoms with Crippen LogP contribution in [0.5, 0.6) is 0 Å². The Kier molecular flexibility index (Phi) is 6.39. The Balaban J connectivity index is 1.70. The molecule has 3 rings (SSSR count). The van der Waals surface area contributed by atoms with Crippen molar-refractivity contribution in [1.29, 1.82) is 0 Å². The lowest BCUT2D eigenvalue weighted by atomic mass is 10.0. The molecule has 0 atom stereocenters. The van der Waals surface area contributed by atoms with E-state index in [1.54, 1.807) is 0 Å². The van der Waals surface area contributed by atoms with Gasteiger partial charge >= 0.3 is 0 Å². The summed E-state index contributed by atoms with van der Waals surface area (Å²) in [4.78, 5) is 0. The summed E-state index contributed by atoms with van der Waals surface area (Å²) in [5.41, 5.74) is 1.34. The summed E-state index contributed by atoms with van der Waals surface area (Å²) in [6.45, 7) is 3.98. The Hall–Kier alpha value is -1.51. The van der Waals surface area contributed by atoms with E-state index in [2.05, 4.69) is 64.8 Å². The standard InChI is InChI=1S/C21H25Cl2N2/c1-2-3-4-7-14-24-16-25(21(23)20(24)22)15-13-18-11-8-10-17-9-5-6-12-19(17)18/h5-6,8-12,16H,2-4,7,13-15H2,1H3/q+1. The first-order chi connectivity index (χ1) is 12.2. The third kappa shape index (κ3) is 4.37. The number of halogens is 2. The second-order valence-electron chi connectivity index (χ2n) is 6.53. The molecule has 0 fully saturated rings. The van der Waals surface area contributed by atoms with Crippen LogP contribution >= 0.6 is 23.2 Å². The maximum Gasteiger partial charge on any atom is 0.255 e. The molecule has 0 bridgehead atoms. The van der Waals surface area contributed by atoms with Crippen LogP contribution in [0.2, 0.25) is 10.3 Å². The monoisotopic (exact) mass is 375 g/mol. The van der Waals surface area contributed by atoms with Crippen LogP contribution in [0.25, 0.3) is 10.8 Å². The van der Waals surface area contributed by atoms with Gasteiger partial charge in [-0.25, -0.2) is 9.13 Å². The van der Waals surface area contributed by atoms with Gasteiger partial charge in [0.1, 0.15) is 0 Å². The number of hydrogen-bond donors (Lipinski definition) is 0. The molecule has 0 N–H and O–H groups in total. The summed E-state index contributed by atoms with van der Waals surface area (Å²) in [5.74, 6) is 0. The van der Waals surface area contributed by atoms with Gasteiger partial charge < -0.3 is 0 Å². The summed E-state index contributed by atoms with van der Waals surface area (Å²) < 4.78 is 4.13. The van der Waals surface area contributed by atoms with Crippen molar-refractivity contribution >= 4 is 34.0 Å². The van der Waals surface area contributed by atoms with Gasteiger partial charge in [-0.15, -0.1) is 0 Å². The van der Waals surface area contributed by atoms with Crippen LogP contribution in [0.4, 0.5) is 0 Å². The maximum absolute atomic E-state index is 6.45. The lowest BCUT2D eigenvalue weighted by Crippen LogP contribution is -2.32. The first-order valence-electron chi connectivity index (χ1n) is 9.11. The summed E-state index contributed by atoms with van der Waals surface area (Å²) >= 11 is 12.9. The molecule has 2 aromatic carbocycles. The van der Waals surface area contributed by atoms with Gasteiger partial charge in [-0.2, -0.15) is 0 Å². The highest BCUT2D eigenvalue weighted by Gasteiger charge is 2.19. The lowest BCUT2D eigenvalue weighted by molar-refractivity contribution is -0.694. The topological polar surface area (TPSA) is 8.81 Å². The molecule has 0 amide bonds. The van der Waals surface area contributed by atoms with Crippen molar-refractivity contribution in [3.63, 3.8) is 0 Å². The third-order valence-corrected chi connectivity index (χ3v) is 5.60. The van der Waals surface area contributed by atoms with E-state index < -0.39 is 0 Å². The van der Waals surface area contributed by atoms with E-state index in [1.807, 2.05) is 0 Å². The molecule has 1 heterocycles. The van der Waals surface area contributed by atoms with Crippen LogP contribution in [-0.2, 0) is 19.5 Å². The number of unbranched alkanes of at least 4 members (excludes halogenated alkanes) is 3. The number of rotatable bonds is 8. The minimum atomic E-state index is 0.636. The first-order valence-corrected chi connectivity index (χ1v) is 9.86. The van der Waals surface area contributed by atoms with Crippen LogP contribution in [0.3, 0.4) is 0 Å². The molecule has 3 aromatic rings. The van der Waals surface area contributed by atoms with Gasteiger partial charge in [-0.3, -0.25) is 0 Å². The number of fused-ring (bicyclic) bond motifs is 1. The van der Waals surface area contributed by atoms with E-state index >= 15 is 0 Å². The number of imidazole rings is 1. The fourth-order valence-corrected chi connectivity index (χ4v) is 3.75. The Morgan fingerprint density at radius 2 is 1.76 bits per heavy atom. The minimum absolute atomic E-state index is 0.636. The molecular weight excluding hydrogens is 351 g/mol. The van der Waals surface area contributed by atoms with Crippen LogP contribution < -0.4 is 4.57 Å². The first kappa shape index (κ1) is 18.3. The molecule has 0 aliphatic rings. The van der Waals surface area contributed by atoms with E-state index in [9.17, 15) is 0 Å². The lowest BCUT2D eigenvalue weighted by Gasteiger charge is -2.05. The summed E-state index contributed by atoms with van der Waals surface area (Å²) in [6, 6.07) is 15.0. The van der Waals surface area contributed by atoms with E-state index in [1.165, 1.54) is 35.6 Å². The van der Waals surface area contributed by atoms with Gasteiger partial charge in [-0.1, -0.05) is 62.2 Å². The zero-order valence-electron chi connectivity index (χ0n) is 14.7. The highest BCUT2D eigenvalue weighted by atomic mass is 35.5. The summed E-state index contributed by atoms with van der Waals surface area (Å²) in [5, 5.41) is 3.88. The van der Waals surface area contributed by atoms with Crippen molar-refractivity contribution in [2.75, 3.05) is 0 Å². The molecule has 25 heavy (non-hydrogen) atoms. The number of aromatic nitrogens is 2. The fraction of sp³-hybridized carbons (Fsp3) is 0.381. The van der Waals surface area contributed by atoms with Crippen molar-refractivity contribution in [2.24, 2.45) is 0 Å². The highest BCUT2D eigenvalue weighted by Crippen LogP contribution is 2.22. The van der Waals surface area contributed by atoms with Crippen molar-refractivity contribution in [3.05, 3.63) is 64.7 Å². The van der Waals surface area contributed by atoms with Crippen molar-refractivity contribution < 1.29 is 4.57 Å². The molecule has 0 saturated carbocycles. The van der Waals surface area contributed by atoms with Gasteiger partial charge in [0.15, 0.2) is 0 Å². The fourth-order valence-electron chi connectivity index (χ4n) is 3.28. The molecular formula is C21H25Cl2N2+. The zero-order valence-corrected chi connectivity index (χ0v) is 16.2. The Labute approximate surface area is 160 Å². The maximum atomic E-state index is 6.45. The number of hydrogen-bond acceptors (Lipinski definition) is 0. The quantitative estimate of drug-likeness (QED) is 0.334. The number of aryl methyl sites for hydroxylation is 3. The van der Waals surface area contributed by atoms with Crippen LogP contribution in [-0.4, -0.2) is 4.57 Å². The van der Waals surface area contributed by atoms with Crippen LogP contribution in [0.15, 0.2) is 48.8 Å². The summed E-state index contributed by atoms with van der Waals surface area (Å²) in [6.07, 6.45) is 7.88. The van der Waals surface area contributed by atoms with E-state index in [0.717, 1.165) is 25.9 Å². The average molecular weight is 376 g/mol. The molecule has 1 aromatic heterocycles. The van der Waals surface area contributed by atoms with Crippen LogP contribution in [0.1, 0.15) is 38.2 Å². The SMILES string of the molecule is CCCCCC[n+]1cn(CCc2cccc3ccccc23)c(Cl)c1Cl. The predicted molar refractivity (Wildman–Crippen MR) is 106 cm³/mol. The van der Waals surface area contributed by atoms with Gasteiger partial charge in [0.2, 0.25) is 6.33 Å². The van der Waals surface area contributed by atoms with Gasteiger partial charge in [-0.05, 0) is 52.4 Å². The zero-order chi connectivity index (χ0) is 17.6. The van der Waals surface area contributed by atoms with Crippen LogP contribution in [0, 0.1) is 0 Å². The third-order valence-electron chi connectivity index (χ3n) is 4.71. The average Bonchev–Trinajstić information content (AvgIpc) is 2.91. The molecule has 0 spiro atoms. The van der Waals surface area contributed by atoms with E-state index in [-0.39, 0.29) is 0 Å². The normalized spacial score (nSPS) is 11.3. The Bertz CT molecular complexity index is 834. The second kappa shape index (κ2) is 8.73. The predicted octanol–water partition coefficient (Wildman–Crippen LogP) is 6.06. The smallest absolute Gasteiger partial charge is 0.219 e. The number of benzene rings is 2. The van der Waals surface area contributed by atoms with Crippen molar-refractivity contribution in [1.82, 2.24) is 4.57 Å². The Morgan fingerprint density at radius 1 is 0.960 bits per heavy atom. The molecule has 0 unspecified atom stereocenters. The summed E-state index contributed by atoms with van der Waals surface area (Å²) in [7, 11) is 0. The van der Waals surface area contributed by atoms with Gasteiger partial charge in [0.05, 0.1) is 13.1 Å². The van der Waals surface area contributed by atoms with Crippen molar-refractivity contribution in [2.45, 2.75) is 52.1 Å². The molecule has 2 nitrogen and oxygen atoms in total. The molecule has 4 heteroatoms. The minimum Gasteiger partial charge on any atom is -0.219 e. The molecule has 132 valence electrons. The van der Waals surface area contributed by atoms with E-state index in [4.69, 9.17) is 23.2 Å². The molecule has 0 saturated heterocycles. The molecule has 0 radical (unpaired) electrons. The van der Waals surface area contributed by atoms with E-state index in [0.29, 0.717) is 10.3 Å². The van der Waals surface area contributed by atoms with Gasteiger partial charge in [0, 0.05) is 6.42 Å². The second-order valence-corrected chi connectivity index (χ2v) is 7.25. The van der Waals surface area contributed by atoms with Gasteiger partial charge in [0.25, 0.3) is 10.3 Å². The Morgan fingerprint density at radius 3 is 2.60 bits per heavy atom. The van der Waals surface area contributed by atoms with Crippen molar-refractivity contribution in [3.8, 4) is 0 Å². The molecule has 0 aliphatic carbocycles. The molecule has 0 aliphatic heterocycles.